The van der Waals surface area contributed by atoms with Crippen molar-refractivity contribution in [3.63, 3.8) is 0 Å². The molecule has 16 heavy (non-hydrogen) atoms. The van der Waals surface area contributed by atoms with E-state index in [2.05, 4.69) is 20.8 Å². The fourth-order valence-corrected chi connectivity index (χ4v) is 1.69. The molecule has 1 rings (SSSR count). The van der Waals surface area contributed by atoms with Crippen LogP contribution in [0.15, 0.2) is 18.2 Å². The van der Waals surface area contributed by atoms with Crippen LogP contribution in [0.3, 0.4) is 0 Å². The number of hydrogen-bond acceptors (Lipinski definition) is 1. The smallest absolute Gasteiger partial charge is 0.141 e. The van der Waals surface area contributed by atoms with Gasteiger partial charge in [0, 0.05) is 6.04 Å². The van der Waals surface area contributed by atoms with Crippen LogP contribution in [0, 0.1) is 11.2 Å². The van der Waals surface area contributed by atoms with E-state index in [0.717, 1.165) is 18.4 Å². The first-order chi connectivity index (χ1) is 7.29. The molecule has 0 aromatic heterocycles. The normalized spacial score (nSPS) is 13.9. The quantitative estimate of drug-likeness (QED) is 0.841. The lowest BCUT2D eigenvalue weighted by Crippen LogP contribution is -2.14. The Kier molecular flexibility index (Phi) is 4.34. The van der Waals surface area contributed by atoms with Crippen molar-refractivity contribution < 1.29 is 4.39 Å². The minimum Gasteiger partial charge on any atom is -0.324 e. The highest BCUT2D eigenvalue weighted by Gasteiger charge is 2.14. The third kappa shape index (κ3) is 4.11. The zero-order chi connectivity index (χ0) is 12.3. The summed E-state index contributed by atoms with van der Waals surface area (Å²) in [5.74, 6) is -0.395. The van der Waals surface area contributed by atoms with E-state index in [-0.39, 0.29) is 16.5 Å². The SMILES string of the molecule is CC(C)(C)CCC(N)c1ccc(F)c(Cl)c1. The highest BCUT2D eigenvalue weighted by Crippen LogP contribution is 2.27. The van der Waals surface area contributed by atoms with Crippen molar-refractivity contribution in [3.05, 3.63) is 34.6 Å². The summed E-state index contributed by atoms with van der Waals surface area (Å²) >= 11 is 5.72. The van der Waals surface area contributed by atoms with Gasteiger partial charge < -0.3 is 5.73 Å². The summed E-state index contributed by atoms with van der Waals surface area (Å²) in [4.78, 5) is 0. The third-order valence-electron chi connectivity index (χ3n) is 2.58. The summed E-state index contributed by atoms with van der Waals surface area (Å²) in [5.41, 5.74) is 7.20. The molecule has 0 fully saturated rings. The van der Waals surface area contributed by atoms with Gasteiger partial charge in [-0.1, -0.05) is 38.4 Å². The summed E-state index contributed by atoms with van der Waals surface area (Å²) < 4.78 is 13.0. The lowest BCUT2D eigenvalue weighted by molar-refractivity contribution is 0.349. The minimum absolute atomic E-state index is 0.0719. The van der Waals surface area contributed by atoms with Crippen LogP contribution < -0.4 is 5.73 Å². The van der Waals surface area contributed by atoms with Gasteiger partial charge in [0.25, 0.3) is 0 Å². The molecule has 0 heterocycles. The molecule has 0 radical (unpaired) electrons. The molecule has 90 valence electrons. The zero-order valence-corrected chi connectivity index (χ0v) is 10.8. The van der Waals surface area contributed by atoms with Gasteiger partial charge in [-0.3, -0.25) is 0 Å². The molecule has 1 nitrogen and oxygen atoms in total. The van der Waals surface area contributed by atoms with Crippen LogP contribution >= 0.6 is 11.6 Å². The maximum atomic E-state index is 13.0. The average Bonchev–Trinajstić information content (AvgIpc) is 2.17. The molecule has 0 amide bonds. The molecule has 1 aromatic carbocycles. The Morgan fingerprint density at radius 2 is 2.00 bits per heavy atom. The molecule has 0 bridgehead atoms. The molecule has 1 unspecified atom stereocenters. The zero-order valence-electron chi connectivity index (χ0n) is 10.1. The second-order valence-corrected chi connectivity index (χ2v) is 5.79. The second-order valence-electron chi connectivity index (χ2n) is 5.38. The third-order valence-corrected chi connectivity index (χ3v) is 2.87. The van der Waals surface area contributed by atoms with Crippen molar-refractivity contribution in [1.29, 1.82) is 0 Å². The summed E-state index contributed by atoms with van der Waals surface area (Å²) in [6.07, 6.45) is 1.91. The monoisotopic (exact) mass is 243 g/mol. The Morgan fingerprint density at radius 3 is 2.50 bits per heavy atom. The second kappa shape index (κ2) is 5.15. The van der Waals surface area contributed by atoms with Crippen LogP contribution in [-0.4, -0.2) is 0 Å². The molecule has 3 heteroatoms. The first-order valence-electron chi connectivity index (χ1n) is 5.50. The van der Waals surface area contributed by atoms with E-state index in [1.54, 1.807) is 12.1 Å². The van der Waals surface area contributed by atoms with Crippen molar-refractivity contribution in [3.8, 4) is 0 Å². The van der Waals surface area contributed by atoms with E-state index in [4.69, 9.17) is 17.3 Å². The first kappa shape index (κ1) is 13.5. The van der Waals surface area contributed by atoms with Crippen LogP contribution in [0.5, 0.6) is 0 Å². The molecule has 1 aromatic rings. The Morgan fingerprint density at radius 1 is 1.38 bits per heavy atom. The number of nitrogens with two attached hydrogens (primary N) is 1. The molecule has 0 saturated carbocycles. The van der Waals surface area contributed by atoms with Gasteiger partial charge in [-0.15, -0.1) is 0 Å². The fourth-order valence-electron chi connectivity index (χ4n) is 1.50. The van der Waals surface area contributed by atoms with E-state index < -0.39 is 5.82 Å². The molecular weight excluding hydrogens is 225 g/mol. The van der Waals surface area contributed by atoms with Gasteiger partial charge >= 0.3 is 0 Å². The Hall–Kier alpha value is -0.600. The van der Waals surface area contributed by atoms with Gasteiger partial charge in [0.15, 0.2) is 0 Å². The summed E-state index contributed by atoms with van der Waals surface area (Å²) in [7, 11) is 0. The van der Waals surface area contributed by atoms with Gasteiger partial charge in [-0.05, 0) is 36.0 Å². The maximum Gasteiger partial charge on any atom is 0.141 e. The highest BCUT2D eigenvalue weighted by atomic mass is 35.5. The van der Waals surface area contributed by atoms with Crippen molar-refractivity contribution in [2.24, 2.45) is 11.1 Å². The van der Waals surface area contributed by atoms with Crippen molar-refractivity contribution in [2.45, 2.75) is 39.7 Å². The van der Waals surface area contributed by atoms with Crippen molar-refractivity contribution >= 4 is 11.6 Å². The lowest BCUT2D eigenvalue weighted by atomic mass is 9.87. The van der Waals surface area contributed by atoms with Crippen LogP contribution in [-0.2, 0) is 0 Å². The summed E-state index contributed by atoms with van der Waals surface area (Å²) in [5, 5.41) is 0.142. The molecule has 0 aliphatic rings. The van der Waals surface area contributed by atoms with E-state index in [0.29, 0.717) is 0 Å². The Labute approximate surface area is 102 Å². The molecule has 0 spiro atoms. The topological polar surface area (TPSA) is 26.0 Å². The molecular formula is C13H19ClFN. The van der Waals surface area contributed by atoms with E-state index >= 15 is 0 Å². The van der Waals surface area contributed by atoms with E-state index in [1.165, 1.54) is 6.07 Å². The van der Waals surface area contributed by atoms with Crippen molar-refractivity contribution in [1.82, 2.24) is 0 Å². The van der Waals surface area contributed by atoms with Crippen LogP contribution in [0.25, 0.3) is 0 Å². The maximum absolute atomic E-state index is 13.0. The molecule has 0 aliphatic carbocycles. The van der Waals surface area contributed by atoms with Gasteiger partial charge in [-0.2, -0.15) is 0 Å². The minimum atomic E-state index is -0.395. The standard InChI is InChI=1S/C13H19ClFN/c1-13(2,3)7-6-12(16)9-4-5-11(15)10(14)8-9/h4-5,8,12H,6-7,16H2,1-3H3. The van der Waals surface area contributed by atoms with E-state index in [9.17, 15) is 4.39 Å². The summed E-state index contributed by atoms with van der Waals surface area (Å²) in [6, 6.07) is 4.62. The largest absolute Gasteiger partial charge is 0.324 e. The van der Waals surface area contributed by atoms with Gasteiger partial charge in [0.1, 0.15) is 5.82 Å². The fraction of sp³-hybridized carbons (Fsp3) is 0.538. The molecule has 1 atom stereocenters. The molecule has 0 aliphatic heterocycles. The molecule has 2 N–H and O–H groups in total. The highest BCUT2D eigenvalue weighted by molar-refractivity contribution is 6.30. The number of rotatable bonds is 3. The Balaban J connectivity index is 2.66. The van der Waals surface area contributed by atoms with Crippen LogP contribution in [0.4, 0.5) is 4.39 Å². The van der Waals surface area contributed by atoms with Crippen LogP contribution in [0.2, 0.25) is 5.02 Å². The van der Waals surface area contributed by atoms with Gasteiger partial charge in [0.2, 0.25) is 0 Å². The first-order valence-corrected chi connectivity index (χ1v) is 5.88. The van der Waals surface area contributed by atoms with Crippen LogP contribution in [0.1, 0.15) is 45.2 Å². The lowest BCUT2D eigenvalue weighted by Gasteiger charge is -2.21. The van der Waals surface area contributed by atoms with Gasteiger partial charge in [-0.25, -0.2) is 4.39 Å². The Bertz CT molecular complexity index is 357. The van der Waals surface area contributed by atoms with Crippen molar-refractivity contribution in [2.75, 3.05) is 0 Å². The average molecular weight is 244 g/mol. The molecule has 0 saturated heterocycles. The number of benzene rings is 1. The predicted molar refractivity (Wildman–Crippen MR) is 67.0 cm³/mol. The predicted octanol–water partition coefficient (Wildman–Crippen LogP) is 4.31. The number of halogens is 2. The summed E-state index contributed by atoms with van der Waals surface area (Å²) in [6.45, 7) is 6.53. The van der Waals surface area contributed by atoms with E-state index in [1.807, 2.05) is 0 Å². The van der Waals surface area contributed by atoms with Gasteiger partial charge in [0.05, 0.1) is 5.02 Å². The number of hydrogen-bond donors (Lipinski definition) is 1.